The summed E-state index contributed by atoms with van der Waals surface area (Å²) in [5.41, 5.74) is 5.68. The Morgan fingerprint density at radius 1 is 1.33 bits per heavy atom. The topological polar surface area (TPSA) is 99.2 Å². The summed E-state index contributed by atoms with van der Waals surface area (Å²) in [5.74, 6) is -0.496. The SMILES string of the molecule is N#CCCN(CC(=O)NC(N)=O)c1ccccc1. The quantitative estimate of drug-likeness (QED) is 0.794. The number of nitriles is 1. The second kappa shape index (κ2) is 6.91. The molecule has 1 aromatic rings. The molecule has 0 heterocycles. The van der Waals surface area contributed by atoms with E-state index < -0.39 is 11.9 Å². The van der Waals surface area contributed by atoms with Crippen molar-refractivity contribution in [3.05, 3.63) is 30.3 Å². The van der Waals surface area contributed by atoms with Gasteiger partial charge in [0.05, 0.1) is 19.0 Å². The van der Waals surface area contributed by atoms with Crippen LogP contribution in [-0.2, 0) is 4.79 Å². The fourth-order valence-corrected chi connectivity index (χ4v) is 1.47. The van der Waals surface area contributed by atoms with Crippen molar-refractivity contribution in [2.45, 2.75) is 6.42 Å². The fraction of sp³-hybridized carbons (Fsp3) is 0.250. The zero-order chi connectivity index (χ0) is 13.4. The number of anilines is 1. The number of nitrogens with two attached hydrogens (primary N) is 1. The Morgan fingerprint density at radius 2 is 2.00 bits per heavy atom. The maximum atomic E-state index is 11.5. The van der Waals surface area contributed by atoms with Crippen molar-refractivity contribution in [3.63, 3.8) is 0 Å². The van der Waals surface area contributed by atoms with Crippen molar-refractivity contribution in [2.75, 3.05) is 18.0 Å². The van der Waals surface area contributed by atoms with Gasteiger partial charge < -0.3 is 10.6 Å². The van der Waals surface area contributed by atoms with Crippen molar-refractivity contribution in [1.29, 1.82) is 5.26 Å². The van der Waals surface area contributed by atoms with Crippen LogP contribution in [0.3, 0.4) is 0 Å². The van der Waals surface area contributed by atoms with Gasteiger partial charge in [0.25, 0.3) is 0 Å². The molecule has 0 fully saturated rings. The summed E-state index contributed by atoms with van der Waals surface area (Å²) in [6.45, 7) is 0.390. The lowest BCUT2D eigenvalue weighted by atomic mass is 10.2. The van der Waals surface area contributed by atoms with E-state index in [9.17, 15) is 9.59 Å². The Morgan fingerprint density at radius 3 is 2.56 bits per heavy atom. The van der Waals surface area contributed by atoms with E-state index >= 15 is 0 Å². The summed E-state index contributed by atoms with van der Waals surface area (Å²) in [6, 6.07) is 10.3. The normalized spacial score (nSPS) is 9.28. The van der Waals surface area contributed by atoms with Gasteiger partial charge in [0.1, 0.15) is 0 Å². The number of amides is 3. The Kier molecular flexibility index (Phi) is 5.19. The molecule has 0 radical (unpaired) electrons. The molecule has 6 heteroatoms. The molecule has 1 rings (SSSR count). The number of carbonyl (C=O) groups is 2. The third kappa shape index (κ3) is 4.53. The third-order valence-corrected chi connectivity index (χ3v) is 2.21. The van der Waals surface area contributed by atoms with E-state index in [0.717, 1.165) is 5.69 Å². The summed E-state index contributed by atoms with van der Waals surface area (Å²) >= 11 is 0. The number of carbonyl (C=O) groups excluding carboxylic acids is 2. The van der Waals surface area contributed by atoms with Gasteiger partial charge in [-0.2, -0.15) is 5.26 Å². The lowest BCUT2D eigenvalue weighted by molar-refractivity contribution is -0.118. The minimum Gasteiger partial charge on any atom is -0.361 e. The average Bonchev–Trinajstić information content (AvgIpc) is 2.34. The van der Waals surface area contributed by atoms with Crippen LogP contribution < -0.4 is 16.0 Å². The van der Waals surface area contributed by atoms with Gasteiger partial charge >= 0.3 is 6.03 Å². The first-order chi connectivity index (χ1) is 8.63. The molecule has 0 saturated heterocycles. The number of nitrogens with one attached hydrogen (secondary N) is 1. The van der Waals surface area contributed by atoms with Crippen LogP contribution in [0, 0.1) is 11.3 Å². The molecule has 0 atom stereocenters. The number of benzene rings is 1. The van der Waals surface area contributed by atoms with Crippen LogP contribution in [-0.4, -0.2) is 25.0 Å². The van der Waals surface area contributed by atoms with E-state index in [0.29, 0.717) is 13.0 Å². The molecular formula is C12H14N4O2. The van der Waals surface area contributed by atoms with Crippen LogP contribution >= 0.6 is 0 Å². The number of imide groups is 1. The number of rotatable bonds is 5. The number of primary amides is 1. The minimum absolute atomic E-state index is 0.0192. The highest BCUT2D eigenvalue weighted by atomic mass is 16.2. The van der Waals surface area contributed by atoms with Crippen LogP contribution in [0.2, 0.25) is 0 Å². The summed E-state index contributed by atoms with van der Waals surface area (Å²) in [5, 5.41) is 10.6. The predicted octanol–water partition coefficient (Wildman–Crippen LogP) is 0.602. The Labute approximate surface area is 105 Å². The van der Waals surface area contributed by atoms with Crippen molar-refractivity contribution in [2.24, 2.45) is 5.73 Å². The van der Waals surface area contributed by atoms with E-state index in [1.54, 1.807) is 4.90 Å². The Balaban J connectivity index is 2.70. The van der Waals surface area contributed by atoms with Gasteiger partial charge in [0.2, 0.25) is 5.91 Å². The number of hydrogen-bond acceptors (Lipinski definition) is 4. The molecule has 94 valence electrons. The molecule has 0 unspecified atom stereocenters. The standard InChI is InChI=1S/C12H14N4O2/c13-7-4-8-16(9-11(17)15-12(14)18)10-5-2-1-3-6-10/h1-3,5-6H,4,8-9H2,(H3,14,15,17,18). The second-order valence-electron chi connectivity index (χ2n) is 3.58. The predicted molar refractivity (Wildman–Crippen MR) is 66.6 cm³/mol. The molecule has 6 nitrogen and oxygen atoms in total. The van der Waals surface area contributed by atoms with E-state index in [4.69, 9.17) is 11.0 Å². The van der Waals surface area contributed by atoms with Gasteiger partial charge in [-0.3, -0.25) is 10.1 Å². The smallest absolute Gasteiger partial charge is 0.318 e. The summed E-state index contributed by atoms with van der Waals surface area (Å²) in [4.78, 5) is 23.7. The van der Waals surface area contributed by atoms with Gasteiger partial charge in [-0.05, 0) is 12.1 Å². The van der Waals surface area contributed by atoms with Crippen molar-refractivity contribution in [3.8, 4) is 6.07 Å². The molecule has 18 heavy (non-hydrogen) atoms. The first kappa shape index (κ1) is 13.5. The van der Waals surface area contributed by atoms with Crippen LogP contribution in [0.15, 0.2) is 30.3 Å². The van der Waals surface area contributed by atoms with Crippen LogP contribution in [0.5, 0.6) is 0 Å². The Hall–Kier alpha value is -2.55. The number of urea groups is 1. The Bertz CT molecular complexity index is 453. The lowest BCUT2D eigenvalue weighted by Crippen LogP contribution is -2.42. The molecule has 0 bridgehead atoms. The molecule has 0 aliphatic carbocycles. The maximum absolute atomic E-state index is 11.5. The highest BCUT2D eigenvalue weighted by molar-refractivity contribution is 5.95. The van der Waals surface area contributed by atoms with Gasteiger partial charge in [-0.15, -0.1) is 0 Å². The van der Waals surface area contributed by atoms with Crippen LogP contribution in [0.1, 0.15) is 6.42 Å². The van der Waals surface area contributed by atoms with Crippen molar-refractivity contribution in [1.82, 2.24) is 5.32 Å². The van der Waals surface area contributed by atoms with Crippen LogP contribution in [0.4, 0.5) is 10.5 Å². The largest absolute Gasteiger partial charge is 0.361 e. The minimum atomic E-state index is -0.881. The van der Waals surface area contributed by atoms with E-state index in [2.05, 4.69) is 0 Å². The zero-order valence-electron chi connectivity index (χ0n) is 9.80. The van der Waals surface area contributed by atoms with E-state index in [1.807, 2.05) is 41.7 Å². The molecule has 1 aromatic carbocycles. The van der Waals surface area contributed by atoms with Gasteiger partial charge in [0, 0.05) is 12.2 Å². The summed E-state index contributed by atoms with van der Waals surface area (Å²) < 4.78 is 0. The van der Waals surface area contributed by atoms with Gasteiger partial charge in [-0.1, -0.05) is 18.2 Å². The monoisotopic (exact) mass is 246 g/mol. The molecule has 0 spiro atoms. The van der Waals surface area contributed by atoms with Crippen molar-refractivity contribution >= 4 is 17.6 Å². The first-order valence-electron chi connectivity index (χ1n) is 5.39. The van der Waals surface area contributed by atoms with E-state index in [-0.39, 0.29) is 6.54 Å². The zero-order valence-corrected chi connectivity index (χ0v) is 9.80. The molecule has 3 N–H and O–H groups in total. The highest BCUT2D eigenvalue weighted by Gasteiger charge is 2.12. The first-order valence-corrected chi connectivity index (χ1v) is 5.39. The number of para-hydroxylation sites is 1. The van der Waals surface area contributed by atoms with E-state index in [1.165, 1.54) is 0 Å². The number of hydrogen-bond donors (Lipinski definition) is 2. The molecule has 0 aromatic heterocycles. The van der Waals surface area contributed by atoms with Crippen LogP contribution in [0.25, 0.3) is 0 Å². The highest BCUT2D eigenvalue weighted by Crippen LogP contribution is 2.12. The van der Waals surface area contributed by atoms with Crippen molar-refractivity contribution < 1.29 is 9.59 Å². The van der Waals surface area contributed by atoms with Gasteiger partial charge in [-0.25, -0.2) is 4.79 Å². The molecule has 0 aliphatic heterocycles. The third-order valence-electron chi connectivity index (χ3n) is 2.21. The maximum Gasteiger partial charge on any atom is 0.318 e. The molecule has 0 aliphatic rings. The number of nitrogens with zero attached hydrogens (tertiary/aromatic N) is 2. The average molecular weight is 246 g/mol. The second-order valence-corrected chi connectivity index (χ2v) is 3.58. The molecule has 3 amide bonds. The summed E-state index contributed by atoms with van der Waals surface area (Å²) in [6.07, 6.45) is 0.290. The molecule has 0 saturated carbocycles. The summed E-state index contributed by atoms with van der Waals surface area (Å²) in [7, 11) is 0. The lowest BCUT2D eigenvalue weighted by Gasteiger charge is -2.22. The fourth-order valence-electron chi connectivity index (χ4n) is 1.47. The van der Waals surface area contributed by atoms with Gasteiger partial charge in [0.15, 0.2) is 0 Å². The molecular weight excluding hydrogens is 232 g/mol.